The summed E-state index contributed by atoms with van der Waals surface area (Å²) in [5.41, 5.74) is 1.77. The zero-order chi connectivity index (χ0) is 25.4. The van der Waals surface area contributed by atoms with Crippen LogP contribution >= 0.6 is 12.4 Å². The first-order valence-corrected chi connectivity index (χ1v) is 12.5. The number of aliphatic carboxylic acids is 1. The van der Waals surface area contributed by atoms with Gasteiger partial charge in [0.1, 0.15) is 11.5 Å². The molecule has 1 heterocycles. The van der Waals surface area contributed by atoms with Crippen molar-refractivity contribution >= 4 is 24.3 Å². The van der Waals surface area contributed by atoms with Gasteiger partial charge >= 0.3 is 5.97 Å². The Bertz CT molecular complexity index is 980. The second kappa shape index (κ2) is 14.1. The number of aromatic nitrogens is 2. The van der Waals surface area contributed by atoms with Gasteiger partial charge in [0.15, 0.2) is 5.69 Å². The van der Waals surface area contributed by atoms with Crippen molar-refractivity contribution in [3.05, 3.63) is 30.0 Å². The number of rotatable bonds is 13. The Morgan fingerprint density at radius 1 is 1.17 bits per heavy atom. The standard InChI is InChI=1S/C26H38N4O5.ClH/c1-5-29(6-2)15-14-18(16-24(31)32)27-26(33)20-17-21(30(28-20)19-10-7-8-11-19)25-22(34-3)12-9-13-23(25)35-4;/h9,12-13,17-19H,5-8,10-11,14-16H2,1-4H3,(H,27,33)(H,31,32);1H/t18-;/m0./s1. The Labute approximate surface area is 219 Å². The lowest BCUT2D eigenvalue weighted by molar-refractivity contribution is -0.137. The zero-order valence-corrected chi connectivity index (χ0v) is 22.5. The Morgan fingerprint density at radius 3 is 2.31 bits per heavy atom. The molecule has 200 valence electrons. The molecule has 0 aliphatic heterocycles. The largest absolute Gasteiger partial charge is 0.496 e. The van der Waals surface area contributed by atoms with Crippen LogP contribution in [0.3, 0.4) is 0 Å². The van der Waals surface area contributed by atoms with Crippen LogP contribution in [0.4, 0.5) is 0 Å². The van der Waals surface area contributed by atoms with Crippen LogP contribution in [-0.4, -0.2) is 71.6 Å². The van der Waals surface area contributed by atoms with E-state index in [0.717, 1.165) is 50.0 Å². The van der Waals surface area contributed by atoms with Gasteiger partial charge in [0.2, 0.25) is 0 Å². The van der Waals surface area contributed by atoms with E-state index < -0.39 is 12.0 Å². The number of carbonyl (C=O) groups is 2. The smallest absolute Gasteiger partial charge is 0.305 e. The summed E-state index contributed by atoms with van der Waals surface area (Å²) in [5, 5.41) is 17.0. The number of hydrogen-bond acceptors (Lipinski definition) is 6. The van der Waals surface area contributed by atoms with E-state index >= 15 is 0 Å². The maximum absolute atomic E-state index is 13.3. The van der Waals surface area contributed by atoms with Gasteiger partial charge in [-0.05, 0) is 50.6 Å². The molecular formula is C26H39ClN4O5. The molecule has 1 fully saturated rings. The summed E-state index contributed by atoms with van der Waals surface area (Å²) in [4.78, 5) is 27.0. The number of carboxylic acid groups (broad SMARTS) is 1. The van der Waals surface area contributed by atoms with E-state index in [1.54, 1.807) is 20.3 Å². The van der Waals surface area contributed by atoms with Gasteiger partial charge in [-0.2, -0.15) is 5.10 Å². The quantitative estimate of drug-likeness (QED) is 0.401. The highest BCUT2D eigenvalue weighted by Gasteiger charge is 2.28. The Morgan fingerprint density at radius 2 is 1.78 bits per heavy atom. The third-order valence-corrected chi connectivity index (χ3v) is 6.77. The molecule has 1 amide bonds. The molecule has 10 heteroatoms. The van der Waals surface area contributed by atoms with E-state index in [-0.39, 0.29) is 36.5 Å². The molecule has 36 heavy (non-hydrogen) atoms. The molecule has 0 unspecified atom stereocenters. The summed E-state index contributed by atoms with van der Waals surface area (Å²) >= 11 is 0. The molecule has 1 atom stereocenters. The van der Waals surface area contributed by atoms with E-state index in [0.29, 0.717) is 24.5 Å². The number of nitrogens with one attached hydrogen (secondary N) is 1. The van der Waals surface area contributed by atoms with Crippen molar-refractivity contribution in [2.75, 3.05) is 33.9 Å². The number of nitrogens with zero attached hydrogens (tertiary/aromatic N) is 3. The van der Waals surface area contributed by atoms with Crippen LogP contribution in [0.1, 0.15) is 68.9 Å². The fourth-order valence-corrected chi connectivity index (χ4v) is 4.80. The number of ether oxygens (including phenoxy) is 2. The SMILES string of the molecule is CCN(CC)CC[C@@H](CC(=O)O)NC(=O)c1cc(-c2c(OC)cccc2OC)n(C2CCCC2)n1.Cl. The predicted molar refractivity (Wildman–Crippen MR) is 141 cm³/mol. The fourth-order valence-electron chi connectivity index (χ4n) is 4.80. The van der Waals surface area contributed by atoms with Gasteiger partial charge in [-0.1, -0.05) is 32.8 Å². The number of benzene rings is 1. The molecule has 0 spiro atoms. The summed E-state index contributed by atoms with van der Waals surface area (Å²) in [7, 11) is 3.21. The molecule has 0 saturated heterocycles. The number of halogens is 1. The summed E-state index contributed by atoms with van der Waals surface area (Å²) in [5.74, 6) is -0.0368. The lowest BCUT2D eigenvalue weighted by atomic mass is 10.1. The number of carbonyl (C=O) groups excluding carboxylic acids is 1. The molecule has 1 saturated carbocycles. The second-order valence-electron chi connectivity index (χ2n) is 8.92. The maximum atomic E-state index is 13.3. The second-order valence-corrected chi connectivity index (χ2v) is 8.92. The Kier molecular flexibility index (Phi) is 11.5. The van der Waals surface area contributed by atoms with Gasteiger partial charge in [0.05, 0.1) is 37.9 Å². The van der Waals surface area contributed by atoms with Crippen molar-refractivity contribution < 1.29 is 24.2 Å². The van der Waals surface area contributed by atoms with Crippen LogP contribution in [-0.2, 0) is 4.79 Å². The molecule has 9 nitrogen and oxygen atoms in total. The van der Waals surface area contributed by atoms with E-state index in [4.69, 9.17) is 14.6 Å². The molecule has 2 aromatic rings. The van der Waals surface area contributed by atoms with Crippen LogP contribution in [0.2, 0.25) is 0 Å². The average Bonchev–Trinajstić information content (AvgIpc) is 3.53. The first-order valence-electron chi connectivity index (χ1n) is 12.5. The summed E-state index contributed by atoms with van der Waals surface area (Å²) in [6, 6.07) is 7.03. The lowest BCUT2D eigenvalue weighted by Gasteiger charge is -2.22. The minimum atomic E-state index is -0.939. The Hall–Kier alpha value is -2.78. The zero-order valence-electron chi connectivity index (χ0n) is 21.7. The molecule has 3 rings (SSSR count). The summed E-state index contributed by atoms with van der Waals surface area (Å²) < 4.78 is 13.2. The number of amides is 1. The molecule has 1 aromatic heterocycles. The number of hydrogen-bond donors (Lipinski definition) is 2. The number of methoxy groups -OCH3 is 2. The third kappa shape index (κ3) is 7.13. The van der Waals surface area contributed by atoms with E-state index in [1.165, 1.54) is 0 Å². The lowest BCUT2D eigenvalue weighted by Crippen LogP contribution is -2.39. The van der Waals surface area contributed by atoms with Gasteiger partial charge in [-0.25, -0.2) is 0 Å². The highest BCUT2D eigenvalue weighted by molar-refractivity contribution is 5.94. The Balaban J connectivity index is 0.00000456. The molecule has 1 aliphatic rings. The normalized spacial score (nSPS) is 14.4. The van der Waals surface area contributed by atoms with Crippen LogP contribution in [0, 0.1) is 0 Å². The van der Waals surface area contributed by atoms with Crippen molar-refractivity contribution in [3.63, 3.8) is 0 Å². The minimum Gasteiger partial charge on any atom is -0.496 e. The van der Waals surface area contributed by atoms with Gasteiger partial charge in [-0.3, -0.25) is 14.3 Å². The van der Waals surface area contributed by atoms with Crippen molar-refractivity contribution in [1.82, 2.24) is 20.0 Å². The first-order chi connectivity index (χ1) is 16.9. The van der Waals surface area contributed by atoms with Crippen LogP contribution in [0.15, 0.2) is 24.3 Å². The van der Waals surface area contributed by atoms with E-state index in [2.05, 4.69) is 24.1 Å². The first kappa shape index (κ1) is 29.5. The predicted octanol–water partition coefficient (Wildman–Crippen LogP) is 4.41. The van der Waals surface area contributed by atoms with Gasteiger partial charge in [-0.15, -0.1) is 12.4 Å². The molecule has 0 bridgehead atoms. The van der Waals surface area contributed by atoms with Crippen molar-refractivity contribution in [2.24, 2.45) is 0 Å². The highest BCUT2D eigenvalue weighted by Crippen LogP contribution is 2.41. The summed E-state index contributed by atoms with van der Waals surface area (Å²) in [6.45, 7) is 6.60. The minimum absolute atomic E-state index is 0. The molecular weight excluding hydrogens is 484 g/mol. The van der Waals surface area contributed by atoms with Crippen molar-refractivity contribution in [2.45, 2.75) is 64.5 Å². The molecule has 1 aromatic carbocycles. The van der Waals surface area contributed by atoms with E-state index in [1.807, 2.05) is 22.9 Å². The van der Waals surface area contributed by atoms with Crippen LogP contribution in [0.5, 0.6) is 11.5 Å². The highest BCUT2D eigenvalue weighted by atomic mass is 35.5. The van der Waals surface area contributed by atoms with Crippen LogP contribution in [0.25, 0.3) is 11.3 Å². The van der Waals surface area contributed by atoms with Gasteiger partial charge in [0.25, 0.3) is 5.91 Å². The topological polar surface area (TPSA) is 106 Å². The third-order valence-electron chi connectivity index (χ3n) is 6.77. The van der Waals surface area contributed by atoms with E-state index in [9.17, 15) is 14.7 Å². The van der Waals surface area contributed by atoms with Crippen molar-refractivity contribution in [3.8, 4) is 22.8 Å². The average molecular weight is 523 g/mol. The fraction of sp³-hybridized carbons (Fsp3) is 0.577. The van der Waals surface area contributed by atoms with Gasteiger partial charge in [0, 0.05) is 12.6 Å². The van der Waals surface area contributed by atoms with Gasteiger partial charge < -0.3 is 24.8 Å². The van der Waals surface area contributed by atoms with Crippen molar-refractivity contribution in [1.29, 1.82) is 0 Å². The van der Waals surface area contributed by atoms with Crippen LogP contribution < -0.4 is 14.8 Å². The maximum Gasteiger partial charge on any atom is 0.305 e. The molecule has 2 N–H and O–H groups in total. The monoisotopic (exact) mass is 522 g/mol. The molecule has 0 radical (unpaired) electrons. The number of carboxylic acids is 1. The summed E-state index contributed by atoms with van der Waals surface area (Å²) in [6.07, 6.45) is 4.61. The molecule has 1 aliphatic carbocycles.